The average Bonchev–Trinajstić information content (AvgIpc) is 3.55. The molecule has 9 nitrogen and oxygen atoms in total. The molecule has 1 N–H and O–H groups in total. The molecule has 182 valence electrons. The van der Waals surface area contributed by atoms with Gasteiger partial charge in [0.25, 0.3) is 0 Å². The summed E-state index contributed by atoms with van der Waals surface area (Å²) in [6.45, 7) is 2.67. The summed E-state index contributed by atoms with van der Waals surface area (Å²) in [6, 6.07) is 17.4. The Labute approximate surface area is 203 Å². The summed E-state index contributed by atoms with van der Waals surface area (Å²) in [4.78, 5) is 28.8. The van der Waals surface area contributed by atoms with E-state index in [2.05, 4.69) is 15.6 Å². The maximum absolute atomic E-state index is 13.6. The van der Waals surface area contributed by atoms with Gasteiger partial charge in [0.05, 0.1) is 25.4 Å². The van der Waals surface area contributed by atoms with E-state index in [1.807, 2.05) is 43.3 Å². The van der Waals surface area contributed by atoms with E-state index in [-0.39, 0.29) is 24.9 Å². The number of fused-ring (bicyclic) bond motifs is 1. The summed E-state index contributed by atoms with van der Waals surface area (Å²) in [6.07, 6.45) is 3.18. The normalized spacial score (nSPS) is 11.8. The van der Waals surface area contributed by atoms with Crippen LogP contribution < -0.4 is 10.1 Å². The van der Waals surface area contributed by atoms with Crippen LogP contribution in [0.25, 0.3) is 11.0 Å². The van der Waals surface area contributed by atoms with Crippen molar-refractivity contribution in [2.45, 2.75) is 38.9 Å². The van der Waals surface area contributed by atoms with Crippen molar-refractivity contribution in [2.75, 3.05) is 13.7 Å². The van der Waals surface area contributed by atoms with E-state index in [1.165, 1.54) is 0 Å². The van der Waals surface area contributed by atoms with Crippen LogP contribution in [0.1, 0.15) is 37.1 Å². The third kappa shape index (κ3) is 5.68. The number of nitrogens with one attached hydrogen (secondary N) is 1. The van der Waals surface area contributed by atoms with Crippen LogP contribution in [-0.4, -0.2) is 45.4 Å². The van der Waals surface area contributed by atoms with E-state index < -0.39 is 6.04 Å². The van der Waals surface area contributed by atoms with Crippen molar-refractivity contribution in [3.63, 3.8) is 0 Å². The number of rotatable bonds is 11. The molecule has 0 spiro atoms. The number of carbonyl (C=O) groups excluding carboxylic acids is 2. The fraction of sp³-hybridized carbons (Fsp3) is 0.308. The molecule has 35 heavy (non-hydrogen) atoms. The summed E-state index contributed by atoms with van der Waals surface area (Å²) in [5, 5.41) is 11.2. The molecule has 0 unspecified atom stereocenters. The molecule has 4 aromatic rings. The Morgan fingerprint density at radius 3 is 2.63 bits per heavy atom. The summed E-state index contributed by atoms with van der Waals surface area (Å²) in [7, 11) is 1.59. The van der Waals surface area contributed by atoms with Gasteiger partial charge in [-0.15, -0.1) is 5.10 Å². The number of hydrogen-bond acceptors (Lipinski definition) is 6. The quantitative estimate of drug-likeness (QED) is 0.355. The second-order valence-corrected chi connectivity index (χ2v) is 8.15. The number of furan rings is 1. The predicted octanol–water partition coefficient (Wildman–Crippen LogP) is 3.72. The predicted molar refractivity (Wildman–Crippen MR) is 130 cm³/mol. The van der Waals surface area contributed by atoms with Gasteiger partial charge in [0, 0.05) is 6.54 Å². The van der Waals surface area contributed by atoms with E-state index in [9.17, 15) is 9.59 Å². The molecule has 0 fully saturated rings. The lowest BCUT2D eigenvalue weighted by molar-refractivity contribution is -0.141. The van der Waals surface area contributed by atoms with Gasteiger partial charge in [-0.05, 0) is 48.4 Å². The molecule has 0 saturated carbocycles. The molecule has 4 rings (SSSR count). The highest BCUT2D eigenvalue weighted by Crippen LogP contribution is 2.25. The van der Waals surface area contributed by atoms with Gasteiger partial charge in [0.15, 0.2) is 0 Å². The van der Waals surface area contributed by atoms with Crippen LogP contribution >= 0.6 is 0 Å². The Hall–Kier alpha value is -4.14. The highest BCUT2D eigenvalue weighted by Gasteiger charge is 2.31. The molecular weight excluding hydrogens is 446 g/mol. The van der Waals surface area contributed by atoms with Gasteiger partial charge in [0.1, 0.15) is 29.6 Å². The van der Waals surface area contributed by atoms with Gasteiger partial charge < -0.3 is 19.4 Å². The van der Waals surface area contributed by atoms with Crippen molar-refractivity contribution >= 4 is 22.8 Å². The minimum absolute atomic E-state index is 0.0255. The first kappa shape index (κ1) is 24.0. The standard InChI is InChI=1S/C26H29N5O4/c1-3-4-15-30(24(32)18-31-23-10-6-5-9-22(23)28-29-31)25(19-11-13-20(34-2)14-12-19)26(33)27-17-21-8-7-16-35-21/h5-14,16,25H,3-4,15,17-18H2,1-2H3,(H,27,33)/t25-/m1/s1. The molecule has 2 amide bonds. The third-order valence-electron chi connectivity index (χ3n) is 5.79. The molecular formula is C26H29N5O4. The van der Waals surface area contributed by atoms with Crippen LogP contribution in [0.2, 0.25) is 0 Å². The van der Waals surface area contributed by atoms with Crippen LogP contribution in [0.5, 0.6) is 5.75 Å². The van der Waals surface area contributed by atoms with E-state index in [0.29, 0.717) is 29.1 Å². The molecule has 0 aliphatic heterocycles. The zero-order chi connectivity index (χ0) is 24.6. The lowest BCUT2D eigenvalue weighted by Gasteiger charge is -2.31. The van der Waals surface area contributed by atoms with Crippen LogP contribution in [0.4, 0.5) is 0 Å². The highest BCUT2D eigenvalue weighted by atomic mass is 16.5. The van der Waals surface area contributed by atoms with Gasteiger partial charge >= 0.3 is 0 Å². The van der Waals surface area contributed by atoms with E-state index in [1.54, 1.807) is 47.2 Å². The summed E-state index contributed by atoms with van der Waals surface area (Å²) < 4.78 is 12.2. The molecule has 2 aromatic heterocycles. The van der Waals surface area contributed by atoms with Gasteiger partial charge in [-0.25, -0.2) is 4.68 Å². The first-order chi connectivity index (χ1) is 17.1. The topological polar surface area (TPSA) is 102 Å². The van der Waals surface area contributed by atoms with Crippen LogP contribution in [0.3, 0.4) is 0 Å². The van der Waals surface area contributed by atoms with Crippen molar-refractivity contribution in [2.24, 2.45) is 0 Å². The smallest absolute Gasteiger partial charge is 0.247 e. The van der Waals surface area contributed by atoms with Gasteiger partial charge in [-0.1, -0.05) is 42.8 Å². The highest BCUT2D eigenvalue weighted by molar-refractivity contribution is 5.89. The minimum Gasteiger partial charge on any atom is -0.497 e. The molecule has 0 aliphatic carbocycles. The zero-order valence-electron chi connectivity index (χ0n) is 19.9. The molecule has 0 saturated heterocycles. The van der Waals surface area contributed by atoms with E-state index >= 15 is 0 Å². The van der Waals surface area contributed by atoms with Crippen LogP contribution in [0.15, 0.2) is 71.3 Å². The molecule has 0 radical (unpaired) electrons. The van der Waals surface area contributed by atoms with Crippen molar-refractivity contribution in [3.05, 3.63) is 78.3 Å². The Morgan fingerprint density at radius 2 is 1.91 bits per heavy atom. The van der Waals surface area contributed by atoms with Crippen LogP contribution in [0, 0.1) is 0 Å². The number of carbonyl (C=O) groups is 2. The Kier molecular flexibility index (Phi) is 7.77. The second kappa shape index (κ2) is 11.3. The molecule has 1 atom stereocenters. The molecule has 0 bridgehead atoms. The Bertz CT molecular complexity index is 1250. The van der Waals surface area contributed by atoms with Gasteiger partial charge in [-0.2, -0.15) is 0 Å². The molecule has 2 aromatic carbocycles. The number of amides is 2. The SMILES string of the molecule is CCCCN(C(=O)Cn1nnc2ccccc21)[C@@H](C(=O)NCc1ccco1)c1ccc(OC)cc1. The number of nitrogens with zero attached hydrogens (tertiary/aromatic N) is 4. The van der Waals surface area contributed by atoms with Gasteiger partial charge in [0.2, 0.25) is 11.8 Å². The van der Waals surface area contributed by atoms with Gasteiger partial charge in [-0.3, -0.25) is 9.59 Å². The maximum atomic E-state index is 13.6. The third-order valence-corrected chi connectivity index (χ3v) is 5.79. The Balaban J connectivity index is 1.64. The number of methoxy groups -OCH3 is 1. The fourth-order valence-corrected chi connectivity index (χ4v) is 3.92. The fourth-order valence-electron chi connectivity index (χ4n) is 3.92. The number of ether oxygens (including phenoxy) is 1. The maximum Gasteiger partial charge on any atom is 0.247 e. The number of para-hydroxylation sites is 1. The molecule has 2 heterocycles. The first-order valence-electron chi connectivity index (χ1n) is 11.6. The summed E-state index contributed by atoms with van der Waals surface area (Å²) in [5.41, 5.74) is 2.17. The number of unbranched alkanes of at least 4 members (excludes halogenated alkanes) is 1. The number of aromatic nitrogens is 3. The minimum atomic E-state index is -0.829. The molecule has 9 heteroatoms. The van der Waals surface area contributed by atoms with Crippen molar-refractivity contribution < 1.29 is 18.7 Å². The molecule has 0 aliphatic rings. The average molecular weight is 476 g/mol. The summed E-state index contributed by atoms with van der Waals surface area (Å²) in [5.74, 6) is 0.791. The Morgan fingerprint density at radius 1 is 1.11 bits per heavy atom. The van der Waals surface area contributed by atoms with Crippen molar-refractivity contribution in [1.29, 1.82) is 0 Å². The second-order valence-electron chi connectivity index (χ2n) is 8.15. The largest absolute Gasteiger partial charge is 0.497 e. The lowest BCUT2D eigenvalue weighted by Crippen LogP contribution is -2.45. The lowest BCUT2D eigenvalue weighted by atomic mass is 10.0. The number of hydrogen-bond donors (Lipinski definition) is 1. The van der Waals surface area contributed by atoms with E-state index in [0.717, 1.165) is 18.4 Å². The first-order valence-corrected chi connectivity index (χ1v) is 11.6. The van der Waals surface area contributed by atoms with Crippen LogP contribution in [-0.2, 0) is 22.7 Å². The van der Waals surface area contributed by atoms with E-state index in [4.69, 9.17) is 9.15 Å². The zero-order valence-corrected chi connectivity index (χ0v) is 19.9. The number of benzene rings is 2. The van der Waals surface area contributed by atoms with Crippen molar-refractivity contribution in [3.8, 4) is 5.75 Å². The monoisotopic (exact) mass is 475 g/mol. The van der Waals surface area contributed by atoms with Crippen molar-refractivity contribution in [1.82, 2.24) is 25.2 Å². The summed E-state index contributed by atoms with van der Waals surface area (Å²) >= 11 is 0.